The summed E-state index contributed by atoms with van der Waals surface area (Å²) in [5.41, 5.74) is 1.37. The van der Waals surface area contributed by atoms with E-state index >= 15 is 0 Å². The second-order valence-electron chi connectivity index (χ2n) is 9.26. The SMILES string of the molecule is CCCC[C@H](C)C[C@H](O)C=C[C@@H]1[C@H]2CC(CCOCC(=O)N(C)C)=C[C@H]2C[C@H]1O. The van der Waals surface area contributed by atoms with Gasteiger partial charge in [-0.3, -0.25) is 4.79 Å². The summed E-state index contributed by atoms with van der Waals surface area (Å²) in [5.74, 6) is 1.46. The van der Waals surface area contributed by atoms with Crippen molar-refractivity contribution in [3.8, 4) is 0 Å². The molecule has 0 radical (unpaired) electrons. The normalized spacial score (nSPS) is 28.4. The van der Waals surface area contributed by atoms with Crippen molar-refractivity contribution >= 4 is 5.91 Å². The molecule has 2 rings (SSSR count). The molecule has 2 aliphatic rings. The summed E-state index contributed by atoms with van der Waals surface area (Å²) in [6, 6.07) is 0. The summed E-state index contributed by atoms with van der Waals surface area (Å²) in [4.78, 5) is 13.1. The van der Waals surface area contributed by atoms with Crippen LogP contribution in [0.2, 0.25) is 0 Å². The number of aliphatic hydroxyl groups excluding tert-OH is 2. The molecule has 0 aliphatic heterocycles. The van der Waals surface area contributed by atoms with E-state index in [9.17, 15) is 15.0 Å². The molecule has 1 fully saturated rings. The largest absolute Gasteiger partial charge is 0.392 e. The van der Waals surface area contributed by atoms with Crippen molar-refractivity contribution in [1.29, 1.82) is 0 Å². The summed E-state index contributed by atoms with van der Waals surface area (Å²) in [6.07, 6.45) is 12.5. The van der Waals surface area contributed by atoms with Gasteiger partial charge in [0.2, 0.25) is 5.91 Å². The first-order chi connectivity index (χ1) is 13.8. The molecular formula is C24H41NO4. The zero-order valence-electron chi connectivity index (χ0n) is 18.7. The van der Waals surface area contributed by atoms with E-state index in [4.69, 9.17) is 4.74 Å². The van der Waals surface area contributed by atoms with Crippen LogP contribution in [0.25, 0.3) is 0 Å². The predicted octanol–water partition coefficient (Wildman–Crippen LogP) is 3.56. The van der Waals surface area contributed by atoms with Crippen molar-refractivity contribution in [2.24, 2.45) is 23.7 Å². The van der Waals surface area contributed by atoms with Crippen molar-refractivity contribution in [1.82, 2.24) is 4.90 Å². The Bertz CT molecular complexity index is 571. The summed E-state index contributed by atoms with van der Waals surface area (Å²) < 4.78 is 5.50. The number of unbranched alkanes of at least 4 members (excludes halogenated alkanes) is 1. The minimum Gasteiger partial charge on any atom is -0.392 e. The first kappa shape index (κ1) is 24.1. The second kappa shape index (κ2) is 11.9. The molecule has 5 heteroatoms. The molecular weight excluding hydrogens is 366 g/mol. The van der Waals surface area contributed by atoms with Gasteiger partial charge in [0.1, 0.15) is 6.61 Å². The lowest BCUT2D eigenvalue weighted by Crippen LogP contribution is -2.26. The Labute approximate surface area is 176 Å². The van der Waals surface area contributed by atoms with E-state index < -0.39 is 6.10 Å². The number of allylic oxidation sites excluding steroid dienone is 1. The Hall–Kier alpha value is -1.17. The maximum Gasteiger partial charge on any atom is 0.248 e. The number of carbonyl (C=O) groups excluding carboxylic acids is 1. The third kappa shape index (κ3) is 7.54. The Kier molecular flexibility index (Phi) is 9.87. The van der Waals surface area contributed by atoms with Crippen molar-refractivity contribution < 1.29 is 19.7 Å². The first-order valence-electron chi connectivity index (χ1n) is 11.3. The minimum atomic E-state index is -0.426. The van der Waals surface area contributed by atoms with Gasteiger partial charge in [-0.25, -0.2) is 0 Å². The van der Waals surface area contributed by atoms with Gasteiger partial charge in [0.05, 0.1) is 18.8 Å². The lowest BCUT2D eigenvalue weighted by Gasteiger charge is -2.19. The molecule has 166 valence electrons. The van der Waals surface area contributed by atoms with E-state index in [1.54, 1.807) is 14.1 Å². The van der Waals surface area contributed by atoms with Gasteiger partial charge in [-0.05, 0) is 43.4 Å². The van der Waals surface area contributed by atoms with Crippen LogP contribution in [0.3, 0.4) is 0 Å². The summed E-state index contributed by atoms with van der Waals surface area (Å²) in [5, 5.41) is 20.8. The number of hydrogen-bond acceptors (Lipinski definition) is 4. The van der Waals surface area contributed by atoms with Crippen LogP contribution >= 0.6 is 0 Å². The first-order valence-corrected chi connectivity index (χ1v) is 11.3. The number of nitrogens with zero attached hydrogens (tertiary/aromatic N) is 1. The van der Waals surface area contributed by atoms with E-state index in [1.165, 1.54) is 23.3 Å². The van der Waals surface area contributed by atoms with Gasteiger partial charge in [-0.15, -0.1) is 0 Å². The van der Waals surface area contributed by atoms with Gasteiger partial charge in [0.25, 0.3) is 0 Å². The number of ether oxygens (including phenoxy) is 1. The molecule has 6 atom stereocenters. The smallest absolute Gasteiger partial charge is 0.248 e. The highest BCUT2D eigenvalue weighted by molar-refractivity contribution is 5.76. The Morgan fingerprint density at radius 3 is 2.86 bits per heavy atom. The quantitative estimate of drug-likeness (QED) is 0.383. The fourth-order valence-corrected chi connectivity index (χ4v) is 4.70. The Balaban J connectivity index is 1.77. The predicted molar refractivity (Wildman–Crippen MR) is 116 cm³/mol. The molecule has 2 N–H and O–H groups in total. The molecule has 0 bridgehead atoms. The molecule has 2 aliphatic carbocycles. The number of amides is 1. The zero-order chi connectivity index (χ0) is 21.4. The number of hydrogen-bond donors (Lipinski definition) is 2. The van der Waals surface area contributed by atoms with Crippen LogP contribution in [0.1, 0.15) is 58.8 Å². The van der Waals surface area contributed by atoms with E-state index in [1.807, 2.05) is 6.08 Å². The monoisotopic (exact) mass is 407 g/mol. The second-order valence-corrected chi connectivity index (χ2v) is 9.26. The highest BCUT2D eigenvalue weighted by Gasteiger charge is 2.43. The van der Waals surface area contributed by atoms with Crippen molar-refractivity contribution in [3.63, 3.8) is 0 Å². The van der Waals surface area contributed by atoms with Crippen LogP contribution in [0, 0.1) is 23.7 Å². The van der Waals surface area contributed by atoms with Crippen LogP contribution in [0.5, 0.6) is 0 Å². The number of aliphatic hydroxyl groups is 2. The molecule has 0 aromatic rings. The molecule has 5 nitrogen and oxygen atoms in total. The van der Waals surface area contributed by atoms with Crippen LogP contribution in [-0.4, -0.2) is 60.5 Å². The van der Waals surface area contributed by atoms with Crippen LogP contribution in [0.4, 0.5) is 0 Å². The standard InChI is InChI=1S/C24H41NO4/c1-5-6-7-17(2)12-20(26)8-9-21-22-14-18(13-19(22)15-23(21)27)10-11-29-16-24(28)25(3)4/h8-9,13,17,19-23,26-27H,5-7,10-12,14-16H2,1-4H3/t17-,19-,20+,21+,22-,23+/m0/s1. The molecule has 0 heterocycles. The van der Waals surface area contributed by atoms with Crippen molar-refractivity contribution in [3.05, 3.63) is 23.8 Å². The molecule has 0 aromatic carbocycles. The van der Waals surface area contributed by atoms with E-state index in [-0.39, 0.29) is 24.5 Å². The fourth-order valence-electron chi connectivity index (χ4n) is 4.70. The molecule has 0 aromatic heterocycles. The average Bonchev–Trinajstić information content (AvgIpc) is 3.17. The van der Waals surface area contributed by atoms with Crippen LogP contribution in [0.15, 0.2) is 23.8 Å². The Morgan fingerprint density at radius 2 is 2.17 bits per heavy atom. The third-order valence-corrected chi connectivity index (χ3v) is 6.49. The number of rotatable bonds is 12. The number of fused-ring (bicyclic) bond motifs is 1. The molecule has 0 unspecified atom stereocenters. The Morgan fingerprint density at radius 1 is 1.41 bits per heavy atom. The average molecular weight is 408 g/mol. The van der Waals surface area contributed by atoms with Gasteiger partial charge in [0.15, 0.2) is 0 Å². The molecule has 1 saturated carbocycles. The molecule has 1 amide bonds. The highest BCUT2D eigenvalue weighted by Crippen LogP contribution is 2.48. The topological polar surface area (TPSA) is 70.0 Å². The van der Waals surface area contributed by atoms with Crippen LogP contribution < -0.4 is 0 Å². The van der Waals surface area contributed by atoms with Gasteiger partial charge in [-0.1, -0.05) is 56.9 Å². The molecule has 0 saturated heterocycles. The van der Waals surface area contributed by atoms with Crippen molar-refractivity contribution in [2.75, 3.05) is 27.3 Å². The van der Waals surface area contributed by atoms with Crippen LogP contribution in [-0.2, 0) is 9.53 Å². The molecule has 29 heavy (non-hydrogen) atoms. The number of carbonyl (C=O) groups is 1. The lowest BCUT2D eigenvalue weighted by atomic mass is 9.88. The molecule has 0 spiro atoms. The van der Waals surface area contributed by atoms with Gasteiger partial charge in [0, 0.05) is 20.0 Å². The summed E-state index contributed by atoms with van der Waals surface area (Å²) >= 11 is 0. The zero-order valence-corrected chi connectivity index (χ0v) is 18.7. The van der Waals surface area contributed by atoms with Gasteiger partial charge in [-0.2, -0.15) is 0 Å². The van der Waals surface area contributed by atoms with Crippen molar-refractivity contribution in [2.45, 2.75) is 71.0 Å². The maximum absolute atomic E-state index is 11.6. The van der Waals surface area contributed by atoms with Gasteiger partial charge >= 0.3 is 0 Å². The van der Waals surface area contributed by atoms with E-state index in [0.29, 0.717) is 24.4 Å². The van der Waals surface area contributed by atoms with Gasteiger partial charge < -0.3 is 19.8 Å². The van der Waals surface area contributed by atoms with E-state index in [0.717, 1.165) is 32.1 Å². The third-order valence-electron chi connectivity index (χ3n) is 6.49. The summed E-state index contributed by atoms with van der Waals surface area (Å²) in [6.45, 7) is 5.09. The maximum atomic E-state index is 11.6. The highest BCUT2D eigenvalue weighted by atomic mass is 16.5. The number of likely N-dealkylation sites (N-methyl/N-ethyl adjacent to an activating group) is 1. The summed E-state index contributed by atoms with van der Waals surface area (Å²) in [7, 11) is 3.46. The lowest BCUT2D eigenvalue weighted by molar-refractivity contribution is -0.133. The minimum absolute atomic E-state index is 0.0156. The fraction of sp³-hybridized carbons (Fsp3) is 0.792. The van der Waals surface area contributed by atoms with E-state index in [2.05, 4.69) is 26.0 Å².